The Morgan fingerprint density at radius 2 is 1.82 bits per heavy atom. The molecule has 2 rings (SSSR count). The summed E-state index contributed by atoms with van der Waals surface area (Å²) in [6.07, 6.45) is 5.34. The standard InChI is InChI=1S/C14H22N2O/c1-10-8-11(12(15)16-9-10)14(17)6-4-13(2,3)5-7-14/h8-9,17H,4-7H2,1-3H3,(H2,15,16). The number of hydrogen-bond acceptors (Lipinski definition) is 3. The van der Waals surface area contributed by atoms with Crippen molar-refractivity contribution in [3.05, 3.63) is 23.4 Å². The second-order valence-electron chi connectivity index (χ2n) is 6.14. The molecule has 0 aliphatic heterocycles. The Balaban J connectivity index is 2.30. The summed E-state index contributed by atoms with van der Waals surface area (Å²) in [7, 11) is 0. The zero-order valence-electron chi connectivity index (χ0n) is 11.0. The van der Waals surface area contributed by atoms with Gasteiger partial charge in [0.25, 0.3) is 0 Å². The molecule has 0 radical (unpaired) electrons. The number of nitrogen functional groups attached to an aromatic ring is 1. The lowest BCUT2D eigenvalue weighted by molar-refractivity contribution is -0.0301. The highest BCUT2D eigenvalue weighted by atomic mass is 16.3. The molecule has 1 aromatic heterocycles. The zero-order valence-corrected chi connectivity index (χ0v) is 11.0. The summed E-state index contributed by atoms with van der Waals surface area (Å²) in [6.45, 7) is 6.49. The number of hydrogen-bond donors (Lipinski definition) is 2. The van der Waals surface area contributed by atoms with Crippen molar-refractivity contribution in [2.45, 2.75) is 52.1 Å². The number of aliphatic hydroxyl groups is 1. The fraction of sp³-hybridized carbons (Fsp3) is 0.643. The lowest BCUT2D eigenvalue weighted by atomic mass is 9.69. The number of nitrogens with zero attached hydrogens (tertiary/aromatic N) is 1. The highest BCUT2D eigenvalue weighted by molar-refractivity contribution is 5.45. The Morgan fingerprint density at radius 3 is 2.41 bits per heavy atom. The average Bonchev–Trinajstić information content (AvgIpc) is 2.26. The van der Waals surface area contributed by atoms with E-state index in [2.05, 4.69) is 18.8 Å². The van der Waals surface area contributed by atoms with E-state index < -0.39 is 5.60 Å². The molecule has 3 N–H and O–H groups in total. The van der Waals surface area contributed by atoms with Gasteiger partial charge in [0.2, 0.25) is 0 Å². The fourth-order valence-corrected chi connectivity index (χ4v) is 2.56. The van der Waals surface area contributed by atoms with Crippen LogP contribution in [-0.2, 0) is 5.60 Å². The molecule has 94 valence electrons. The molecule has 0 atom stereocenters. The Morgan fingerprint density at radius 1 is 1.24 bits per heavy atom. The summed E-state index contributed by atoms with van der Waals surface area (Å²) >= 11 is 0. The molecule has 1 saturated carbocycles. The van der Waals surface area contributed by atoms with Crippen molar-refractivity contribution < 1.29 is 5.11 Å². The van der Waals surface area contributed by atoms with Crippen molar-refractivity contribution in [3.63, 3.8) is 0 Å². The van der Waals surface area contributed by atoms with Crippen molar-refractivity contribution in [2.24, 2.45) is 5.41 Å². The first-order valence-electron chi connectivity index (χ1n) is 6.27. The van der Waals surface area contributed by atoms with Crippen molar-refractivity contribution in [1.82, 2.24) is 4.98 Å². The van der Waals surface area contributed by atoms with E-state index in [9.17, 15) is 5.11 Å². The molecule has 1 fully saturated rings. The van der Waals surface area contributed by atoms with Crippen LogP contribution in [0.3, 0.4) is 0 Å². The number of pyridine rings is 1. The van der Waals surface area contributed by atoms with Gasteiger partial charge >= 0.3 is 0 Å². The number of nitrogens with two attached hydrogens (primary N) is 1. The maximum absolute atomic E-state index is 10.8. The van der Waals surface area contributed by atoms with Gasteiger partial charge in [0.05, 0.1) is 5.60 Å². The van der Waals surface area contributed by atoms with Gasteiger partial charge in [0.1, 0.15) is 5.82 Å². The highest BCUT2D eigenvalue weighted by Crippen LogP contribution is 2.46. The molecule has 1 heterocycles. The van der Waals surface area contributed by atoms with Crippen molar-refractivity contribution in [1.29, 1.82) is 0 Å². The first-order chi connectivity index (χ1) is 7.82. The Labute approximate surface area is 103 Å². The van der Waals surface area contributed by atoms with Crippen LogP contribution in [0, 0.1) is 12.3 Å². The van der Waals surface area contributed by atoms with Gasteiger partial charge < -0.3 is 10.8 Å². The van der Waals surface area contributed by atoms with E-state index in [1.54, 1.807) is 6.20 Å². The van der Waals surface area contributed by atoms with Crippen LogP contribution in [0.2, 0.25) is 0 Å². The van der Waals surface area contributed by atoms with E-state index in [1.807, 2.05) is 13.0 Å². The molecule has 1 aliphatic carbocycles. The third kappa shape index (κ3) is 2.44. The van der Waals surface area contributed by atoms with E-state index in [1.165, 1.54) is 0 Å². The van der Waals surface area contributed by atoms with Crippen LogP contribution in [0.4, 0.5) is 5.82 Å². The van der Waals surface area contributed by atoms with Crippen LogP contribution in [0.25, 0.3) is 0 Å². The second-order valence-corrected chi connectivity index (χ2v) is 6.14. The topological polar surface area (TPSA) is 59.1 Å². The number of rotatable bonds is 1. The molecular weight excluding hydrogens is 212 g/mol. The van der Waals surface area contributed by atoms with E-state index >= 15 is 0 Å². The maximum atomic E-state index is 10.8. The van der Waals surface area contributed by atoms with Gasteiger partial charge in [-0.25, -0.2) is 4.98 Å². The van der Waals surface area contributed by atoms with Crippen LogP contribution >= 0.6 is 0 Å². The smallest absolute Gasteiger partial charge is 0.129 e. The van der Waals surface area contributed by atoms with Gasteiger partial charge in [-0.1, -0.05) is 13.8 Å². The van der Waals surface area contributed by atoms with Gasteiger partial charge in [-0.05, 0) is 49.7 Å². The monoisotopic (exact) mass is 234 g/mol. The third-order valence-electron chi connectivity index (χ3n) is 3.99. The van der Waals surface area contributed by atoms with Gasteiger partial charge in [0.15, 0.2) is 0 Å². The molecule has 1 aliphatic rings. The fourth-order valence-electron chi connectivity index (χ4n) is 2.56. The molecule has 0 saturated heterocycles. The largest absolute Gasteiger partial charge is 0.385 e. The van der Waals surface area contributed by atoms with Crippen LogP contribution in [0.1, 0.15) is 50.7 Å². The molecular formula is C14H22N2O. The molecule has 3 nitrogen and oxygen atoms in total. The molecule has 3 heteroatoms. The molecule has 0 aromatic carbocycles. The quantitative estimate of drug-likeness (QED) is 0.785. The van der Waals surface area contributed by atoms with Crippen molar-refractivity contribution in [2.75, 3.05) is 5.73 Å². The SMILES string of the molecule is Cc1cnc(N)c(C2(O)CCC(C)(C)CC2)c1. The Bertz CT molecular complexity index is 416. The van der Waals surface area contributed by atoms with E-state index in [0.717, 1.165) is 36.8 Å². The van der Waals surface area contributed by atoms with Gasteiger partial charge in [0, 0.05) is 11.8 Å². The van der Waals surface area contributed by atoms with Crippen LogP contribution < -0.4 is 5.73 Å². The van der Waals surface area contributed by atoms with E-state index in [0.29, 0.717) is 11.2 Å². The molecule has 17 heavy (non-hydrogen) atoms. The van der Waals surface area contributed by atoms with Crippen LogP contribution in [0.5, 0.6) is 0 Å². The Kier molecular flexibility index (Phi) is 2.90. The lowest BCUT2D eigenvalue weighted by Gasteiger charge is -2.40. The summed E-state index contributed by atoms with van der Waals surface area (Å²) in [5.74, 6) is 0.470. The highest BCUT2D eigenvalue weighted by Gasteiger charge is 2.39. The molecule has 0 unspecified atom stereocenters. The summed E-state index contributed by atoms with van der Waals surface area (Å²) in [4.78, 5) is 4.15. The lowest BCUT2D eigenvalue weighted by Crippen LogP contribution is -2.35. The minimum atomic E-state index is -0.779. The zero-order chi connectivity index (χ0) is 12.7. The summed E-state index contributed by atoms with van der Waals surface area (Å²) in [5, 5.41) is 10.8. The number of aromatic nitrogens is 1. The van der Waals surface area contributed by atoms with Gasteiger partial charge in [-0.2, -0.15) is 0 Å². The van der Waals surface area contributed by atoms with E-state index in [-0.39, 0.29) is 0 Å². The normalized spacial score (nSPS) is 22.4. The maximum Gasteiger partial charge on any atom is 0.129 e. The minimum absolute atomic E-state index is 0.332. The summed E-state index contributed by atoms with van der Waals surface area (Å²) in [5.41, 5.74) is 7.32. The van der Waals surface area contributed by atoms with Gasteiger partial charge in [-0.15, -0.1) is 0 Å². The Hall–Kier alpha value is -1.09. The molecule has 0 spiro atoms. The van der Waals surface area contributed by atoms with Gasteiger partial charge in [-0.3, -0.25) is 0 Å². The number of aryl methyl sites for hydroxylation is 1. The predicted molar refractivity (Wildman–Crippen MR) is 69.5 cm³/mol. The van der Waals surface area contributed by atoms with Crippen molar-refractivity contribution in [3.8, 4) is 0 Å². The summed E-state index contributed by atoms with van der Waals surface area (Å²) < 4.78 is 0. The number of anilines is 1. The van der Waals surface area contributed by atoms with Crippen LogP contribution in [0.15, 0.2) is 12.3 Å². The average molecular weight is 234 g/mol. The second kappa shape index (κ2) is 3.98. The first kappa shape index (κ1) is 12.4. The molecule has 1 aromatic rings. The van der Waals surface area contributed by atoms with Crippen LogP contribution in [-0.4, -0.2) is 10.1 Å². The third-order valence-corrected chi connectivity index (χ3v) is 3.99. The minimum Gasteiger partial charge on any atom is -0.385 e. The first-order valence-corrected chi connectivity index (χ1v) is 6.27. The van der Waals surface area contributed by atoms with Crippen molar-refractivity contribution >= 4 is 5.82 Å². The molecule has 0 amide bonds. The van der Waals surface area contributed by atoms with E-state index in [4.69, 9.17) is 5.73 Å². The predicted octanol–water partition coefficient (Wildman–Crippen LogP) is 2.76. The summed E-state index contributed by atoms with van der Waals surface area (Å²) in [6, 6.07) is 1.97. The molecule has 0 bridgehead atoms.